The third-order valence-corrected chi connectivity index (χ3v) is 2.58. The minimum atomic E-state index is -4.55. The van der Waals surface area contributed by atoms with Gasteiger partial charge in [-0.05, 0) is 31.0 Å². The summed E-state index contributed by atoms with van der Waals surface area (Å²) in [6.45, 7) is 3.17. The molecule has 1 aromatic rings. The Bertz CT molecular complexity index is 530. The first-order chi connectivity index (χ1) is 8.86. The van der Waals surface area contributed by atoms with Crippen LogP contribution in [0.3, 0.4) is 0 Å². The highest BCUT2D eigenvalue weighted by molar-refractivity contribution is 5.93. The predicted octanol–water partition coefficient (Wildman–Crippen LogP) is 3.32. The highest BCUT2D eigenvalue weighted by Crippen LogP contribution is 2.34. The van der Waals surface area contributed by atoms with Crippen molar-refractivity contribution >= 4 is 5.97 Å². The molecule has 102 valence electrons. The zero-order valence-corrected chi connectivity index (χ0v) is 10.5. The first-order valence-electron chi connectivity index (χ1n) is 5.67. The Morgan fingerprint density at radius 3 is 2.42 bits per heavy atom. The van der Waals surface area contributed by atoms with E-state index >= 15 is 0 Å². The Labute approximate surface area is 108 Å². The van der Waals surface area contributed by atoms with Crippen LogP contribution in [0, 0.1) is 11.3 Å². The molecule has 0 aliphatic heterocycles. The number of ether oxygens (including phenoxy) is 1. The van der Waals surface area contributed by atoms with Gasteiger partial charge in [-0.2, -0.15) is 18.4 Å². The molecule has 0 fully saturated rings. The summed E-state index contributed by atoms with van der Waals surface area (Å²) in [4.78, 5) is 11.6. The second-order valence-electron chi connectivity index (χ2n) is 3.70. The lowest BCUT2D eigenvalue weighted by molar-refractivity contribution is -0.138. The predicted molar refractivity (Wildman–Crippen MR) is 61.5 cm³/mol. The lowest BCUT2D eigenvalue weighted by Crippen LogP contribution is -2.14. The van der Waals surface area contributed by atoms with Crippen LogP contribution in [0.2, 0.25) is 0 Å². The van der Waals surface area contributed by atoms with Gasteiger partial charge in [-0.25, -0.2) is 4.79 Å². The molecule has 0 spiro atoms. The Morgan fingerprint density at radius 2 is 2.00 bits per heavy atom. The van der Waals surface area contributed by atoms with Gasteiger partial charge in [-0.1, -0.05) is 6.92 Å². The van der Waals surface area contributed by atoms with E-state index in [2.05, 4.69) is 0 Å². The molecule has 0 bridgehead atoms. The molecule has 0 unspecified atom stereocenters. The molecule has 3 nitrogen and oxygen atoms in total. The number of halogens is 3. The molecule has 1 aromatic carbocycles. The maximum Gasteiger partial charge on any atom is 0.416 e. The van der Waals surface area contributed by atoms with Gasteiger partial charge in [0.15, 0.2) is 0 Å². The van der Waals surface area contributed by atoms with Crippen molar-refractivity contribution in [3.63, 3.8) is 0 Å². The Kier molecular flexibility index (Phi) is 4.54. The smallest absolute Gasteiger partial charge is 0.416 e. The Balaban J connectivity index is 3.49. The van der Waals surface area contributed by atoms with Crippen molar-refractivity contribution in [1.29, 1.82) is 5.26 Å². The molecular formula is C13H12F3NO2. The highest BCUT2D eigenvalue weighted by Gasteiger charge is 2.35. The Morgan fingerprint density at radius 1 is 1.37 bits per heavy atom. The molecule has 19 heavy (non-hydrogen) atoms. The van der Waals surface area contributed by atoms with Crippen molar-refractivity contribution < 1.29 is 22.7 Å². The summed E-state index contributed by atoms with van der Waals surface area (Å²) in [7, 11) is 0. The van der Waals surface area contributed by atoms with Gasteiger partial charge in [0.05, 0.1) is 23.3 Å². The van der Waals surface area contributed by atoms with Crippen molar-refractivity contribution in [3.05, 3.63) is 34.4 Å². The fourth-order valence-electron chi connectivity index (χ4n) is 1.79. The number of rotatable bonds is 3. The third-order valence-electron chi connectivity index (χ3n) is 2.58. The van der Waals surface area contributed by atoms with E-state index < -0.39 is 17.7 Å². The molecular weight excluding hydrogens is 259 g/mol. The largest absolute Gasteiger partial charge is 0.462 e. The van der Waals surface area contributed by atoms with Gasteiger partial charge in [0.25, 0.3) is 0 Å². The average Bonchev–Trinajstić information content (AvgIpc) is 2.35. The Hall–Kier alpha value is -2.03. The molecule has 0 radical (unpaired) electrons. The van der Waals surface area contributed by atoms with Crippen LogP contribution in [-0.4, -0.2) is 12.6 Å². The van der Waals surface area contributed by atoms with Gasteiger partial charge in [0.1, 0.15) is 6.07 Å². The van der Waals surface area contributed by atoms with E-state index in [-0.39, 0.29) is 29.7 Å². The van der Waals surface area contributed by atoms with E-state index in [1.54, 1.807) is 13.0 Å². The normalized spacial score (nSPS) is 10.9. The standard InChI is InChI=1S/C13H12F3NO2/c1-3-8-10(7-17)9(12(18)19-4-2)5-6-11(8)13(14,15)16/h5-6H,3-4H2,1-2H3. The van der Waals surface area contributed by atoms with Crippen LogP contribution in [0.5, 0.6) is 0 Å². The first kappa shape index (κ1) is 15.0. The molecule has 0 saturated heterocycles. The molecule has 0 saturated carbocycles. The van der Waals surface area contributed by atoms with Crippen LogP contribution in [0.4, 0.5) is 13.2 Å². The summed E-state index contributed by atoms with van der Waals surface area (Å²) in [6, 6.07) is 3.46. The molecule has 0 atom stereocenters. The number of hydrogen-bond donors (Lipinski definition) is 0. The van der Waals surface area contributed by atoms with Crippen LogP contribution >= 0.6 is 0 Å². The van der Waals surface area contributed by atoms with E-state index in [0.717, 1.165) is 12.1 Å². The molecule has 1 rings (SSSR count). The minimum absolute atomic E-state index is 0.00494. The summed E-state index contributed by atoms with van der Waals surface area (Å²) >= 11 is 0. The lowest BCUT2D eigenvalue weighted by atomic mass is 9.94. The number of hydrogen-bond acceptors (Lipinski definition) is 3. The van der Waals surface area contributed by atoms with Gasteiger partial charge >= 0.3 is 12.1 Å². The second-order valence-corrected chi connectivity index (χ2v) is 3.70. The first-order valence-corrected chi connectivity index (χ1v) is 5.67. The van der Waals surface area contributed by atoms with Crippen LogP contribution in [0.25, 0.3) is 0 Å². The van der Waals surface area contributed by atoms with E-state index in [4.69, 9.17) is 10.00 Å². The summed E-state index contributed by atoms with van der Waals surface area (Å²) < 4.78 is 43.1. The van der Waals surface area contributed by atoms with Crippen LogP contribution < -0.4 is 0 Å². The molecule has 0 heterocycles. The van der Waals surface area contributed by atoms with Gasteiger partial charge in [-0.15, -0.1) is 0 Å². The van der Waals surface area contributed by atoms with E-state index in [1.165, 1.54) is 6.92 Å². The molecule has 0 aliphatic rings. The topological polar surface area (TPSA) is 50.1 Å². The van der Waals surface area contributed by atoms with Crippen molar-refractivity contribution in [3.8, 4) is 6.07 Å². The SMILES string of the molecule is CCOC(=O)c1ccc(C(F)(F)F)c(CC)c1C#N. The van der Waals surface area contributed by atoms with Gasteiger partial charge in [0.2, 0.25) is 0 Å². The van der Waals surface area contributed by atoms with E-state index in [9.17, 15) is 18.0 Å². The van der Waals surface area contributed by atoms with E-state index in [1.807, 2.05) is 0 Å². The van der Waals surface area contributed by atoms with E-state index in [0.29, 0.717) is 0 Å². The van der Waals surface area contributed by atoms with Crippen LogP contribution in [-0.2, 0) is 17.3 Å². The fraction of sp³-hybridized carbons (Fsp3) is 0.385. The number of esters is 1. The maximum atomic E-state index is 12.8. The zero-order chi connectivity index (χ0) is 14.6. The summed E-state index contributed by atoms with van der Waals surface area (Å²) in [5.74, 6) is -0.789. The number of alkyl halides is 3. The second kappa shape index (κ2) is 5.74. The summed E-state index contributed by atoms with van der Waals surface area (Å²) in [5, 5.41) is 9.01. The maximum absolute atomic E-state index is 12.8. The van der Waals surface area contributed by atoms with Crippen LogP contribution in [0.15, 0.2) is 12.1 Å². The fourth-order valence-corrected chi connectivity index (χ4v) is 1.79. The van der Waals surface area contributed by atoms with Crippen molar-refractivity contribution in [2.75, 3.05) is 6.61 Å². The van der Waals surface area contributed by atoms with Crippen LogP contribution in [0.1, 0.15) is 40.9 Å². The number of nitrogens with zero attached hydrogens (tertiary/aromatic N) is 1. The quantitative estimate of drug-likeness (QED) is 0.792. The third kappa shape index (κ3) is 3.05. The molecule has 0 aromatic heterocycles. The number of carbonyl (C=O) groups excluding carboxylic acids is 1. The van der Waals surface area contributed by atoms with Gasteiger partial charge in [-0.3, -0.25) is 0 Å². The van der Waals surface area contributed by atoms with Crippen molar-refractivity contribution in [2.45, 2.75) is 26.4 Å². The summed E-state index contributed by atoms with van der Waals surface area (Å²) in [6.07, 6.45) is -4.55. The monoisotopic (exact) mass is 271 g/mol. The summed E-state index contributed by atoms with van der Waals surface area (Å²) in [5.41, 5.74) is -1.47. The number of nitriles is 1. The number of carbonyl (C=O) groups is 1. The minimum Gasteiger partial charge on any atom is -0.462 e. The molecule has 0 amide bonds. The van der Waals surface area contributed by atoms with Crippen molar-refractivity contribution in [2.24, 2.45) is 0 Å². The van der Waals surface area contributed by atoms with Gasteiger partial charge < -0.3 is 4.74 Å². The van der Waals surface area contributed by atoms with Gasteiger partial charge in [0, 0.05) is 0 Å². The lowest BCUT2D eigenvalue weighted by Gasteiger charge is -2.15. The number of benzene rings is 1. The molecule has 6 heteroatoms. The molecule has 0 N–H and O–H groups in total. The highest BCUT2D eigenvalue weighted by atomic mass is 19.4. The van der Waals surface area contributed by atoms with Crippen molar-refractivity contribution in [1.82, 2.24) is 0 Å². The average molecular weight is 271 g/mol. The molecule has 0 aliphatic carbocycles. The zero-order valence-electron chi connectivity index (χ0n) is 10.5.